The van der Waals surface area contributed by atoms with E-state index in [0.29, 0.717) is 17.8 Å². The van der Waals surface area contributed by atoms with Gasteiger partial charge in [-0.25, -0.2) is 9.78 Å². The molecule has 0 atom stereocenters. The van der Waals surface area contributed by atoms with E-state index in [4.69, 9.17) is 0 Å². The molecule has 28 heavy (non-hydrogen) atoms. The highest BCUT2D eigenvalue weighted by Gasteiger charge is 2.19. The van der Waals surface area contributed by atoms with Crippen molar-refractivity contribution >= 4 is 28.9 Å². The summed E-state index contributed by atoms with van der Waals surface area (Å²) in [5.41, 5.74) is 1.71. The minimum atomic E-state index is -0.504. The van der Waals surface area contributed by atoms with Crippen molar-refractivity contribution in [3.05, 3.63) is 46.5 Å². The van der Waals surface area contributed by atoms with E-state index in [1.165, 1.54) is 6.20 Å². The van der Waals surface area contributed by atoms with Crippen LogP contribution < -0.4 is 15.9 Å². The summed E-state index contributed by atoms with van der Waals surface area (Å²) < 4.78 is 0. The Bertz CT molecular complexity index is 899. The number of amides is 1. The average molecular weight is 383 g/mol. The molecule has 0 unspecified atom stereocenters. The first-order chi connectivity index (χ1) is 13.5. The molecule has 2 N–H and O–H groups in total. The van der Waals surface area contributed by atoms with Crippen LogP contribution >= 0.6 is 0 Å². The Kier molecular flexibility index (Phi) is 6.08. The van der Waals surface area contributed by atoms with E-state index in [1.807, 2.05) is 36.1 Å². The summed E-state index contributed by atoms with van der Waals surface area (Å²) in [5, 5.41) is 3.12. The van der Waals surface area contributed by atoms with E-state index < -0.39 is 5.69 Å². The van der Waals surface area contributed by atoms with E-state index in [0.717, 1.165) is 44.0 Å². The van der Waals surface area contributed by atoms with E-state index in [9.17, 15) is 14.4 Å². The minimum Gasteiger partial charge on any atom is -0.368 e. The molecule has 0 aliphatic carbocycles. The Morgan fingerprint density at radius 3 is 2.43 bits per heavy atom. The number of benzene rings is 1. The van der Waals surface area contributed by atoms with Gasteiger partial charge >= 0.3 is 5.69 Å². The van der Waals surface area contributed by atoms with Gasteiger partial charge in [0, 0.05) is 57.1 Å². The molecule has 1 amide bonds. The molecule has 2 heterocycles. The highest BCUT2D eigenvalue weighted by molar-refractivity contribution is 6.00. The van der Waals surface area contributed by atoms with Crippen LogP contribution in [-0.2, 0) is 4.79 Å². The normalized spacial score (nSPS) is 14.1. The molecule has 0 bridgehead atoms. The van der Waals surface area contributed by atoms with Crippen LogP contribution in [0.25, 0.3) is 0 Å². The van der Waals surface area contributed by atoms with E-state index in [-0.39, 0.29) is 11.7 Å². The highest BCUT2D eigenvalue weighted by atomic mass is 16.2. The lowest BCUT2D eigenvalue weighted by Gasteiger charge is -2.35. The quantitative estimate of drug-likeness (QED) is 0.742. The summed E-state index contributed by atoms with van der Waals surface area (Å²) in [6.45, 7) is 6.55. The van der Waals surface area contributed by atoms with Crippen LogP contribution in [-0.4, -0.2) is 52.7 Å². The Morgan fingerprint density at radius 2 is 1.82 bits per heavy atom. The van der Waals surface area contributed by atoms with Crippen molar-refractivity contribution in [3.8, 4) is 0 Å². The second-order valence-corrected chi connectivity index (χ2v) is 6.82. The van der Waals surface area contributed by atoms with Gasteiger partial charge in [0.05, 0.1) is 5.56 Å². The summed E-state index contributed by atoms with van der Waals surface area (Å²) >= 11 is 0. The molecule has 3 rings (SSSR count). The molecule has 1 fully saturated rings. The maximum atomic E-state index is 12.3. The van der Waals surface area contributed by atoms with Crippen LogP contribution in [0.2, 0.25) is 0 Å². The number of aromatic nitrogens is 2. The first kappa shape index (κ1) is 19.6. The number of H-pyrrole nitrogens is 1. The van der Waals surface area contributed by atoms with Crippen molar-refractivity contribution in [2.75, 3.05) is 36.4 Å². The maximum Gasteiger partial charge on any atom is 0.346 e. The Balaban J connectivity index is 1.71. The van der Waals surface area contributed by atoms with Crippen molar-refractivity contribution in [2.45, 2.75) is 26.7 Å². The number of aromatic amines is 1. The summed E-state index contributed by atoms with van der Waals surface area (Å²) in [7, 11) is 0. The zero-order valence-electron chi connectivity index (χ0n) is 16.2. The van der Waals surface area contributed by atoms with Crippen LogP contribution in [0.3, 0.4) is 0 Å². The molecular formula is C20H25N5O3. The Labute approximate surface area is 163 Å². The molecule has 1 saturated heterocycles. The Morgan fingerprint density at radius 1 is 1.14 bits per heavy atom. The van der Waals surface area contributed by atoms with Gasteiger partial charge in [-0.2, -0.15) is 0 Å². The summed E-state index contributed by atoms with van der Waals surface area (Å²) in [4.78, 5) is 45.7. The smallest absolute Gasteiger partial charge is 0.346 e. The fourth-order valence-corrected chi connectivity index (χ4v) is 3.25. The summed E-state index contributed by atoms with van der Waals surface area (Å²) in [6.07, 6.45) is 2.44. The zero-order chi connectivity index (χ0) is 20.1. The van der Waals surface area contributed by atoms with Crippen LogP contribution in [0.5, 0.6) is 0 Å². The lowest BCUT2D eigenvalue weighted by molar-refractivity contribution is -0.129. The molecule has 148 valence electrons. The highest BCUT2D eigenvalue weighted by Crippen LogP contribution is 2.23. The van der Waals surface area contributed by atoms with Gasteiger partial charge in [-0.1, -0.05) is 6.92 Å². The largest absolute Gasteiger partial charge is 0.368 e. The molecule has 8 heteroatoms. The summed E-state index contributed by atoms with van der Waals surface area (Å²) in [6, 6.07) is 7.77. The van der Waals surface area contributed by atoms with E-state index in [1.54, 1.807) is 6.92 Å². The third-order valence-electron chi connectivity index (χ3n) is 4.82. The summed E-state index contributed by atoms with van der Waals surface area (Å²) in [5.74, 6) is 0.411. The fraction of sp³-hybridized carbons (Fsp3) is 0.400. The first-order valence-electron chi connectivity index (χ1n) is 9.48. The van der Waals surface area contributed by atoms with Crippen LogP contribution in [0.15, 0.2) is 35.3 Å². The molecular weight excluding hydrogens is 358 g/mol. The second-order valence-electron chi connectivity index (χ2n) is 6.82. The number of ketones is 1. The van der Waals surface area contributed by atoms with Gasteiger partial charge in [-0.15, -0.1) is 0 Å². The van der Waals surface area contributed by atoms with Gasteiger partial charge in [0.25, 0.3) is 0 Å². The molecule has 1 aliphatic heterocycles. The van der Waals surface area contributed by atoms with Gasteiger partial charge in [0.1, 0.15) is 5.82 Å². The molecule has 0 radical (unpaired) electrons. The number of Topliss-reactive ketones (excluding diaryl/α,β-unsaturated/α-hetero) is 1. The van der Waals surface area contributed by atoms with Crippen molar-refractivity contribution in [1.82, 2.24) is 14.9 Å². The number of carbonyl (C=O) groups is 2. The van der Waals surface area contributed by atoms with Crippen molar-refractivity contribution in [3.63, 3.8) is 0 Å². The fourth-order valence-electron chi connectivity index (χ4n) is 3.25. The predicted molar refractivity (Wildman–Crippen MR) is 108 cm³/mol. The van der Waals surface area contributed by atoms with Gasteiger partial charge in [-0.3, -0.25) is 14.6 Å². The van der Waals surface area contributed by atoms with Crippen LogP contribution in [0, 0.1) is 0 Å². The third-order valence-corrected chi connectivity index (χ3v) is 4.82. The van der Waals surface area contributed by atoms with Gasteiger partial charge in [0.15, 0.2) is 5.78 Å². The molecule has 0 saturated carbocycles. The molecule has 1 aromatic carbocycles. The van der Waals surface area contributed by atoms with Gasteiger partial charge in [0.2, 0.25) is 5.91 Å². The monoisotopic (exact) mass is 383 g/mol. The van der Waals surface area contributed by atoms with Gasteiger partial charge in [-0.05, 0) is 30.7 Å². The second kappa shape index (κ2) is 8.69. The van der Waals surface area contributed by atoms with Crippen molar-refractivity contribution in [2.24, 2.45) is 0 Å². The number of anilines is 3. The molecule has 2 aromatic rings. The molecule has 1 aliphatic rings. The van der Waals surface area contributed by atoms with Crippen LogP contribution in [0.1, 0.15) is 37.0 Å². The molecule has 8 nitrogen and oxygen atoms in total. The van der Waals surface area contributed by atoms with Crippen LogP contribution in [0.4, 0.5) is 17.2 Å². The Hall–Kier alpha value is -3.16. The number of piperazine rings is 1. The predicted octanol–water partition coefficient (Wildman–Crippen LogP) is 2.16. The first-order valence-corrected chi connectivity index (χ1v) is 9.48. The number of rotatable bonds is 6. The SMILES string of the molecule is CCCC(=O)c1cnc(=O)[nH]c1Nc1ccc(N2CCN(C(C)=O)CC2)cc1. The number of nitrogens with zero attached hydrogens (tertiary/aromatic N) is 3. The zero-order valence-corrected chi connectivity index (χ0v) is 16.2. The van der Waals surface area contributed by atoms with E-state index >= 15 is 0 Å². The van der Waals surface area contributed by atoms with Crippen molar-refractivity contribution in [1.29, 1.82) is 0 Å². The molecule has 0 spiro atoms. The standard InChI is InChI=1S/C20H25N5O3/c1-3-4-18(27)17-13-21-20(28)23-19(17)22-15-5-7-16(8-6-15)25-11-9-24(10-12-25)14(2)26/h5-8,13H,3-4,9-12H2,1-2H3,(H2,21,22,23,28). The average Bonchev–Trinajstić information content (AvgIpc) is 2.69. The van der Waals surface area contributed by atoms with E-state index in [2.05, 4.69) is 20.2 Å². The number of hydrogen-bond donors (Lipinski definition) is 2. The van der Waals surface area contributed by atoms with Gasteiger partial charge < -0.3 is 15.1 Å². The third kappa shape index (κ3) is 4.57. The lowest BCUT2D eigenvalue weighted by Crippen LogP contribution is -2.48. The lowest BCUT2D eigenvalue weighted by atomic mass is 10.1. The number of nitrogens with one attached hydrogen (secondary N) is 2. The molecule has 1 aromatic heterocycles. The maximum absolute atomic E-state index is 12.3. The minimum absolute atomic E-state index is 0.0614. The van der Waals surface area contributed by atoms with Crippen molar-refractivity contribution < 1.29 is 9.59 Å². The topological polar surface area (TPSA) is 98.4 Å². The number of carbonyl (C=O) groups excluding carboxylic acids is 2. The number of hydrogen-bond acceptors (Lipinski definition) is 6.